The van der Waals surface area contributed by atoms with E-state index in [-0.39, 0.29) is 17.0 Å². The molecule has 1 saturated heterocycles. The number of carbonyl (C=O) groups is 1. The average Bonchev–Trinajstić information content (AvgIpc) is 2.93. The molecule has 0 unspecified atom stereocenters. The van der Waals surface area contributed by atoms with E-state index in [0.717, 1.165) is 6.42 Å². The van der Waals surface area contributed by atoms with Gasteiger partial charge in [-0.2, -0.15) is 0 Å². The first kappa shape index (κ1) is 28.8. The Bertz CT molecular complexity index is 1410. The Morgan fingerprint density at radius 2 is 1.79 bits per heavy atom. The van der Waals surface area contributed by atoms with E-state index in [2.05, 4.69) is 22.5 Å². The largest absolute Gasteiger partial charge is 0.377 e. The minimum Gasteiger partial charge on any atom is -0.377 e. The van der Waals surface area contributed by atoms with Crippen LogP contribution in [0.15, 0.2) is 59.5 Å². The molecule has 0 saturated carbocycles. The van der Waals surface area contributed by atoms with Crippen molar-refractivity contribution in [3.05, 3.63) is 65.3 Å². The summed E-state index contributed by atoms with van der Waals surface area (Å²) in [6, 6.07) is 14.9. The maximum atomic E-state index is 13.8. The van der Waals surface area contributed by atoms with Crippen molar-refractivity contribution >= 4 is 39.0 Å². The number of nitrogens with zero attached hydrogens (tertiary/aromatic N) is 3. The minimum absolute atomic E-state index is 0.106. The van der Waals surface area contributed by atoms with E-state index in [1.165, 1.54) is 12.1 Å². The van der Waals surface area contributed by atoms with Gasteiger partial charge in [0.25, 0.3) is 0 Å². The highest BCUT2D eigenvalue weighted by Crippen LogP contribution is 2.37. The zero-order valence-corrected chi connectivity index (χ0v) is 24.1. The van der Waals surface area contributed by atoms with Crippen molar-refractivity contribution < 1.29 is 17.9 Å². The second-order valence-corrected chi connectivity index (χ2v) is 12.7. The number of rotatable bonds is 8. The van der Waals surface area contributed by atoms with Gasteiger partial charge in [-0.25, -0.2) is 23.2 Å². The molecular weight excluding hydrogens is 538 g/mol. The maximum absolute atomic E-state index is 13.8. The summed E-state index contributed by atoms with van der Waals surface area (Å²) >= 11 is 6.01. The molecule has 2 heterocycles. The topological polar surface area (TPSA) is 114 Å². The zero-order chi connectivity index (χ0) is 28.2. The molecule has 39 heavy (non-hydrogen) atoms. The molecule has 0 aliphatic carbocycles. The molecular formula is C28H34ClN5O4S. The maximum Gasteiger partial charge on any atom is 0.319 e. The summed E-state index contributed by atoms with van der Waals surface area (Å²) in [7, 11) is -3.85. The fraction of sp³-hybridized carbons (Fsp3) is 0.393. The van der Waals surface area contributed by atoms with Crippen molar-refractivity contribution in [2.75, 3.05) is 36.5 Å². The van der Waals surface area contributed by atoms with Crippen molar-refractivity contribution in [3.63, 3.8) is 0 Å². The lowest BCUT2D eigenvalue weighted by molar-refractivity contribution is 0.0925. The van der Waals surface area contributed by atoms with Gasteiger partial charge < -0.3 is 20.3 Å². The Morgan fingerprint density at radius 3 is 2.44 bits per heavy atom. The zero-order valence-electron chi connectivity index (χ0n) is 22.6. The second kappa shape index (κ2) is 11.9. The van der Waals surface area contributed by atoms with Crippen LogP contribution in [0.25, 0.3) is 11.4 Å². The number of nitrogens with one attached hydrogen (secondary N) is 2. The molecule has 1 aromatic heterocycles. The monoisotopic (exact) mass is 571 g/mol. The van der Waals surface area contributed by atoms with Gasteiger partial charge in [-0.05, 0) is 75.7 Å². The Balaban J connectivity index is 1.80. The third-order valence-electron chi connectivity index (χ3n) is 6.86. The van der Waals surface area contributed by atoms with Crippen molar-refractivity contribution in [3.8, 4) is 11.4 Å². The number of halogens is 1. The number of carbonyl (C=O) groups excluding carboxylic acids is 1. The smallest absolute Gasteiger partial charge is 0.319 e. The van der Waals surface area contributed by atoms with Gasteiger partial charge in [0.1, 0.15) is 10.6 Å². The number of anilines is 2. The van der Waals surface area contributed by atoms with Gasteiger partial charge in [-0.1, -0.05) is 18.5 Å². The van der Waals surface area contributed by atoms with Crippen LogP contribution in [0, 0.1) is 0 Å². The molecule has 208 valence electrons. The number of amides is 2. The molecule has 11 heteroatoms. The van der Waals surface area contributed by atoms with Crippen molar-refractivity contribution in [1.82, 2.24) is 15.3 Å². The number of urea groups is 1. The second-order valence-electron chi connectivity index (χ2n) is 9.79. The highest BCUT2D eigenvalue weighted by molar-refractivity contribution is 7.92. The van der Waals surface area contributed by atoms with E-state index >= 15 is 0 Å². The first-order chi connectivity index (χ1) is 18.6. The normalized spacial score (nSPS) is 16.1. The van der Waals surface area contributed by atoms with E-state index in [4.69, 9.17) is 26.3 Å². The summed E-state index contributed by atoms with van der Waals surface area (Å²) in [4.78, 5) is 23.9. The predicted molar refractivity (Wildman–Crippen MR) is 154 cm³/mol. The number of benzene rings is 2. The van der Waals surface area contributed by atoms with Crippen LogP contribution in [0.4, 0.5) is 16.3 Å². The highest BCUT2D eigenvalue weighted by atomic mass is 35.5. The Hall–Kier alpha value is -3.21. The number of aromatic nitrogens is 2. The molecule has 0 spiro atoms. The summed E-state index contributed by atoms with van der Waals surface area (Å²) in [5.41, 5.74) is 1.69. The molecule has 4 rings (SSSR count). The van der Waals surface area contributed by atoms with Gasteiger partial charge in [0.05, 0.1) is 29.8 Å². The lowest BCUT2D eigenvalue weighted by Gasteiger charge is -2.37. The van der Waals surface area contributed by atoms with Crippen LogP contribution >= 0.6 is 11.6 Å². The van der Waals surface area contributed by atoms with Gasteiger partial charge in [-0.3, -0.25) is 0 Å². The third-order valence-corrected chi connectivity index (χ3v) is 9.55. The van der Waals surface area contributed by atoms with Gasteiger partial charge in [0, 0.05) is 35.4 Å². The summed E-state index contributed by atoms with van der Waals surface area (Å²) < 4.78 is 32.0. The standard InChI is InChI=1S/C28H34ClN5O4S/c1-5-22-18-38-16-15-34(22)25-17-24(28(3,4)39(36,37)23-13-9-20(29)10-14-23)32-26(33-25)19-7-11-21(12-8-19)31-27(35)30-6-2/h7-14,17,22H,5-6,15-16,18H2,1-4H3,(H2,30,31,35)/t22-/m0/s1. The van der Waals surface area contributed by atoms with Crippen LogP contribution in [-0.2, 0) is 19.3 Å². The van der Waals surface area contributed by atoms with Crippen LogP contribution in [0.5, 0.6) is 0 Å². The number of morpholine rings is 1. The number of hydrogen-bond donors (Lipinski definition) is 2. The molecule has 9 nitrogen and oxygen atoms in total. The molecule has 1 aliphatic heterocycles. The lowest BCUT2D eigenvalue weighted by Crippen LogP contribution is -2.46. The van der Waals surface area contributed by atoms with Crippen LogP contribution in [-0.4, -0.2) is 56.8 Å². The van der Waals surface area contributed by atoms with E-state index < -0.39 is 14.6 Å². The quantitative estimate of drug-likeness (QED) is 0.379. The van der Waals surface area contributed by atoms with Gasteiger partial charge in [0.15, 0.2) is 15.7 Å². The SMILES string of the molecule is CCNC(=O)Nc1ccc(-c2nc(N3CCOC[C@@H]3CC)cc(C(C)(C)S(=O)(=O)c3ccc(Cl)cc3)n2)cc1. The van der Waals surface area contributed by atoms with E-state index in [1.54, 1.807) is 44.2 Å². The summed E-state index contributed by atoms with van der Waals surface area (Å²) in [5.74, 6) is 1.04. The van der Waals surface area contributed by atoms with E-state index in [1.807, 2.05) is 19.1 Å². The van der Waals surface area contributed by atoms with Crippen LogP contribution in [0.2, 0.25) is 5.02 Å². The Labute approximate surface area is 234 Å². The first-order valence-electron chi connectivity index (χ1n) is 13.0. The molecule has 2 N–H and O–H groups in total. The van der Waals surface area contributed by atoms with E-state index in [9.17, 15) is 13.2 Å². The van der Waals surface area contributed by atoms with Crippen LogP contribution in [0.1, 0.15) is 39.8 Å². The average molecular weight is 572 g/mol. The van der Waals surface area contributed by atoms with Gasteiger partial charge >= 0.3 is 6.03 Å². The summed E-state index contributed by atoms with van der Waals surface area (Å²) in [6.07, 6.45) is 0.849. The van der Waals surface area contributed by atoms with Crippen LogP contribution in [0.3, 0.4) is 0 Å². The number of sulfone groups is 1. The van der Waals surface area contributed by atoms with Crippen molar-refractivity contribution in [2.24, 2.45) is 0 Å². The van der Waals surface area contributed by atoms with Crippen molar-refractivity contribution in [1.29, 1.82) is 0 Å². The molecule has 1 fully saturated rings. The summed E-state index contributed by atoms with van der Waals surface area (Å²) in [6.45, 7) is 9.51. The fourth-order valence-corrected chi connectivity index (χ4v) is 5.99. The van der Waals surface area contributed by atoms with Crippen molar-refractivity contribution in [2.45, 2.75) is 49.8 Å². The predicted octanol–water partition coefficient (Wildman–Crippen LogP) is 5.26. The van der Waals surface area contributed by atoms with Crippen LogP contribution < -0.4 is 15.5 Å². The molecule has 0 bridgehead atoms. The fourth-order valence-electron chi connectivity index (χ4n) is 4.40. The lowest BCUT2D eigenvalue weighted by atomic mass is 10.1. The molecule has 1 atom stereocenters. The van der Waals surface area contributed by atoms with Gasteiger partial charge in [0.2, 0.25) is 0 Å². The molecule has 0 radical (unpaired) electrons. The Morgan fingerprint density at radius 1 is 1.10 bits per heavy atom. The summed E-state index contributed by atoms with van der Waals surface area (Å²) in [5, 5.41) is 5.93. The Kier molecular flexibility index (Phi) is 8.78. The number of ether oxygens (including phenoxy) is 1. The third kappa shape index (κ3) is 6.18. The minimum atomic E-state index is -3.85. The molecule has 2 aromatic carbocycles. The molecule has 2 amide bonds. The number of hydrogen-bond acceptors (Lipinski definition) is 7. The highest BCUT2D eigenvalue weighted by Gasteiger charge is 2.40. The molecule has 1 aliphatic rings. The first-order valence-corrected chi connectivity index (χ1v) is 14.8. The van der Waals surface area contributed by atoms with Gasteiger partial charge in [-0.15, -0.1) is 0 Å². The molecule has 3 aromatic rings. The van der Waals surface area contributed by atoms with E-state index in [0.29, 0.717) is 59.9 Å².